The molecule has 4 nitrogen and oxygen atoms in total. The molecule has 0 saturated carbocycles. The molecule has 0 aliphatic carbocycles. The predicted octanol–water partition coefficient (Wildman–Crippen LogP) is 4.62. The molecule has 0 N–H and O–H groups in total. The first kappa shape index (κ1) is 14.4. The predicted molar refractivity (Wildman–Crippen MR) is 88.2 cm³/mol. The number of aromatic nitrogens is 1. The first-order chi connectivity index (χ1) is 10.6. The van der Waals surface area contributed by atoms with Crippen LogP contribution in [0, 0.1) is 17.0 Å². The van der Waals surface area contributed by atoms with Crippen molar-refractivity contribution in [2.45, 2.75) is 13.3 Å². The van der Waals surface area contributed by atoms with Gasteiger partial charge in [-0.2, -0.15) is 0 Å². The van der Waals surface area contributed by atoms with Gasteiger partial charge in [-0.15, -0.1) is 11.3 Å². The van der Waals surface area contributed by atoms with E-state index >= 15 is 0 Å². The lowest BCUT2D eigenvalue weighted by Gasteiger charge is -2.00. The van der Waals surface area contributed by atoms with Gasteiger partial charge in [0.25, 0.3) is 5.69 Å². The van der Waals surface area contributed by atoms with Crippen molar-refractivity contribution in [1.82, 2.24) is 4.98 Å². The zero-order valence-electron chi connectivity index (χ0n) is 12.0. The summed E-state index contributed by atoms with van der Waals surface area (Å²) in [5.74, 6) is 0. The van der Waals surface area contributed by atoms with Crippen molar-refractivity contribution in [2.75, 3.05) is 0 Å². The number of rotatable bonds is 4. The molecule has 110 valence electrons. The molecule has 0 aliphatic heterocycles. The van der Waals surface area contributed by atoms with Crippen LogP contribution < -0.4 is 0 Å². The summed E-state index contributed by atoms with van der Waals surface area (Å²) < 4.78 is 0. The molecule has 0 amide bonds. The minimum Gasteiger partial charge on any atom is -0.258 e. The Morgan fingerprint density at radius 3 is 2.68 bits per heavy atom. The minimum absolute atomic E-state index is 0.134. The third-order valence-electron chi connectivity index (χ3n) is 3.45. The number of benzene rings is 2. The highest BCUT2D eigenvalue weighted by Gasteiger charge is 2.13. The lowest BCUT2D eigenvalue weighted by molar-refractivity contribution is -0.385. The highest BCUT2D eigenvalue weighted by atomic mass is 32.1. The summed E-state index contributed by atoms with van der Waals surface area (Å²) in [4.78, 5) is 15.3. The van der Waals surface area contributed by atoms with E-state index in [0.717, 1.165) is 22.7 Å². The van der Waals surface area contributed by atoms with Crippen LogP contribution >= 0.6 is 11.3 Å². The van der Waals surface area contributed by atoms with Gasteiger partial charge in [-0.1, -0.05) is 42.5 Å². The summed E-state index contributed by atoms with van der Waals surface area (Å²) in [6, 6.07) is 15.4. The van der Waals surface area contributed by atoms with Crippen LogP contribution in [0.15, 0.2) is 53.9 Å². The molecule has 1 heterocycles. The molecular formula is C17H14N2O2S. The highest BCUT2D eigenvalue weighted by molar-refractivity contribution is 7.10. The van der Waals surface area contributed by atoms with Crippen molar-refractivity contribution >= 4 is 17.0 Å². The highest BCUT2D eigenvalue weighted by Crippen LogP contribution is 2.28. The Balaban J connectivity index is 1.88. The summed E-state index contributed by atoms with van der Waals surface area (Å²) in [7, 11) is 0. The monoisotopic (exact) mass is 310 g/mol. The molecule has 0 unspecified atom stereocenters. The van der Waals surface area contributed by atoms with E-state index in [1.54, 1.807) is 30.4 Å². The second kappa shape index (κ2) is 6.07. The third kappa shape index (κ3) is 3.04. The molecule has 3 aromatic rings. The zero-order valence-corrected chi connectivity index (χ0v) is 12.8. The second-order valence-corrected chi connectivity index (χ2v) is 5.99. The Morgan fingerprint density at radius 1 is 1.18 bits per heavy atom. The molecule has 0 fully saturated rings. The average molecular weight is 310 g/mol. The molecule has 3 rings (SSSR count). The van der Waals surface area contributed by atoms with Crippen LogP contribution in [0.4, 0.5) is 5.69 Å². The van der Waals surface area contributed by atoms with Gasteiger partial charge in [0.05, 0.1) is 15.6 Å². The Kier molecular flexibility index (Phi) is 3.98. The number of hydrogen-bond donors (Lipinski definition) is 0. The SMILES string of the molecule is Cc1ccc(-c2csc(Cc3ccccc3)n2)cc1[N+](=O)[O-]. The molecule has 2 aromatic carbocycles. The molecule has 0 bridgehead atoms. The van der Waals surface area contributed by atoms with Crippen LogP contribution in [0.25, 0.3) is 11.3 Å². The summed E-state index contributed by atoms with van der Waals surface area (Å²) in [6.07, 6.45) is 0.777. The fourth-order valence-corrected chi connectivity index (χ4v) is 3.10. The van der Waals surface area contributed by atoms with E-state index in [2.05, 4.69) is 17.1 Å². The summed E-state index contributed by atoms with van der Waals surface area (Å²) in [5.41, 5.74) is 3.58. The smallest absolute Gasteiger partial charge is 0.258 e. The Morgan fingerprint density at radius 2 is 1.95 bits per heavy atom. The fraction of sp³-hybridized carbons (Fsp3) is 0.118. The summed E-state index contributed by atoms with van der Waals surface area (Å²) >= 11 is 1.58. The standard InChI is InChI=1S/C17H14N2O2S/c1-12-7-8-14(10-16(12)19(20)21)15-11-22-17(18-15)9-13-5-3-2-4-6-13/h2-8,10-11H,9H2,1H3. The first-order valence-corrected chi connectivity index (χ1v) is 7.75. The van der Waals surface area contributed by atoms with Gasteiger partial charge in [0.2, 0.25) is 0 Å². The lowest BCUT2D eigenvalue weighted by Crippen LogP contribution is -1.92. The Labute approximate surface area is 132 Å². The average Bonchev–Trinajstić information content (AvgIpc) is 2.97. The number of nitro benzene ring substituents is 1. The number of hydrogen-bond acceptors (Lipinski definition) is 4. The van der Waals surface area contributed by atoms with Crippen LogP contribution in [-0.4, -0.2) is 9.91 Å². The maximum Gasteiger partial charge on any atom is 0.272 e. The summed E-state index contributed by atoms with van der Waals surface area (Å²) in [6.45, 7) is 1.74. The molecule has 0 spiro atoms. The molecule has 0 atom stereocenters. The van der Waals surface area contributed by atoms with Crippen LogP contribution in [0.3, 0.4) is 0 Å². The van der Waals surface area contributed by atoms with Gasteiger partial charge in [0, 0.05) is 29.0 Å². The van der Waals surface area contributed by atoms with Gasteiger partial charge < -0.3 is 0 Å². The molecule has 5 heteroatoms. The van der Waals surface area contributed by atoms with Crippen molar-refractivity contribution in [3.8, 4) is 11.3 Å². The molecule has 0 aliphatic rings. The van der Waals surface area contributed by atoms with Crippen molar-refractivity contribution in [2.24, 2.45) is 0 Å². The van der Waals surface area contributed by atoms with Crippen LogP contribution in [-0.2, 0) is 6.42 Å². The van der Waals surface area contributed by atoms with Gasteiger partial charge >= 0.3 is 0 Å². The van der Waals surface area contributed by atoms with Gasteiger partial charge in [-0.3, -0.25) is 10.1 Å². The Hall–Kier alpha value is -2.53. The van der Waals surface area contributed by atoms with E-state index in [9.17, 15) is 10.1 Å². The number of nitrogens with zero attached hydrogens (tertiary/aromatic N) is 2. The van der Waals surface area contributed by atoms with E-state index in [1.165, 1.54) is 5.56 Å². The minimum atomic E-state index is -0.351. The van der Waals surface area contributed by atoms with Crippen LogP contribution in [0.1, 0.15) is 16.1 Å². The second-order valence-electron chi connectivity index (χ2n) is 5.05. The van der Waals surface area contributed by atoms with E-state index in [0.29, 0.717) is 5.56 Å². The van der Waals surface area contributed by atoms with Gasteiger partial charge in [-0.25, -0.2) is 4.98 Å². The largest absolute Gasteiger partial charge is 0.272 e. The zero-order chi connectivity index (χ0) is 15.5. The maximum absolute atomic E-state index is 11.0. The van der Waals surface area contributed by atoms with E-state index < -0.39 is 0 Å². The summed E-state index contributed by atoms with van der Waals surface area (Å²) in [5, 5.41) is 14.0. The van der Waals surface area contributed by atoms with Crippen molar-refractivity contribution < 1.29 is 4.92 Å². The van der Waals surface area contributed by atoms with Crippen molar-refractivity contribution in [1.29, 1.82) is 0 Å². The third-order valence-corrected chi connectivity index (χ3v) is 4.30. The topological polar surface area (TPSA) is 56.0 Å². The lowest BCUT2D eigenvalue weighted by atomic mass is 10.1. The van der Waals surface area contributed by atoms with E-state index in [4.69, 9.17) is 0 Å². The van der Waals surface area contributed by atoms with Crippen molar-refractivity contribution in [3.05, 3.63) is 80.2 Å². The van der Waals surface area contributed by atoms with E-state index in [-0.39, 0.29) is 10.6 Å². The number of nitro groups is 1. The molecule has 0 saturated heterocycles. The fourth-order valence-electron chi connectivity index (χ4n) is 2.26. The normalized spacial score (nSPS) is 10.6. The van der Waals surface area contributed by atoms with Crippen LogP contribution in [0.2, 0.25) is 0 Å². The van der Waals surface area contributed by atoms with Gasteiger partial charge in [-0.05, 0) is 12.5 Å². The molecule has 22 heavy (non-hydrogen) atoms. The van der Waals surface area contributed by atoms with Gasteiger partial charge in [0.1, 0.15) is 0 Å². The molecule has 0 radical (unpaired) electrons. The number of aryl methyl sites for hydroxylation is 1. The Bertz CT molecular complexity index is 813. The van der Waals surface area contributed by atoms with Crippen LogP contribution in [0.5, 0.6) is 0 Å². The quantitative estimate of drug-likeness (QED) is 0.522. The maximum atomic E-state index is 11.0. The number of thiazole rings is 1. The first-order valence-electron chi connectivity index (χ1n) is 6.87. The molecule has 1 aromatic heterocycles. The van der Waals surface area contributed by atoms with E-state index in [1.807, 2.05) is 29.6 Å². The molecular weight excluding hydrogens is 296 g/mol. The van der Waals surface area contributed by atoms with Crippen molar-refractivity contribution in [3.63, 3.8) is 0 Å². The van der Waals surface area contributed by atoms with Gasteiger partial charge in [0.15, 0.2) is 0 Å².